The fraction of sp³-hybridized carbons (Fsp3) is 0.105. The number of nitriles is 1. The molecule has 3 rings (SSSR count). The number of nitrogens with zero attached hydrogens (tertiary/aromatic N) is 2. The van der Waals surface area contributed by atoms with E-state index in [-0.39, 0.29) is 17.0 Å². The van der Waals surface area contributed by atoms with Crippen molar-refractivity contribution >= 4 is 23.6 Å². The molecule has 2 aromatic carbocycles. The summed E-state index contributed by atoms with van der Waals surface area (Å²) in [5, 5.41) is 18.2. The minimum absolute atomic E-state index is 0.0229. The second kappa shape index (κ2) is 6.39. The highest BCUT2D eigenvalue weighted by Gasteiger charge is 2.26. The molecule has 0 fully saturated rings. The summed E-state index contributed by atoms with van der Waals surface area (Å²) in [5.41, 5.74) is 2.72. The molecule has 24 heavy (non-hydrogen) atoms. The van der Waals surface area contributed by atoms with Gasteiger partial charge in [-0.25, -0.2) is 4.79 Å². The largest absolute Gasteiger partial charge is 0.478 e. The Balaban J connectivity index is 1.88. The van der Waals surface area contributed by atoms with Gasteiger partial charge in [0.25, 0.3) is 5.91 Å². The molecule has 1 heterocycles. The lowest BCUT2D eigenvalue weighted by Gasteiger charge is -2.16. The molecule has 5 nitrogen and oxygen atoms in total. The monoisotopic (exact) mass is 318 g/mol. The summed E-state index contributed by atoms with van der Waals surface area (Å²) in [6, 6.07) is 15.6. The van der Waals surface area contributed by atoms with Gasteiger partial charge in [-0.15, -0.1) is 0 Å². The van der Waals surface area contributed by atoms with Crippen LogP contribution < -0.4 is 4.90 Å². The lowest BCUT2D eigenvalue weighted by Crippen LogP contribution is -2.29. The predicted molar refractivity (Wildman–Crippen MR) is 89.5 cm³/mol. The zero-order valence-corrected chi connectivity index (χ0v) is 12.8. The van der Waals surface area contributed by atoms with Crippen molar-refractivity contribution in [3.8, 4) is 6.07 Å². The van der Waals surface area contributed by atoms with Gasteiger partial charge < -0.3 is 10.0 Å². The van der Waals surface area contributed by atoms with Crippen molar-refractivity contribution < 1.29 is 14.7 Å². The van der Waals surface area contributed by atoms with E-state index in [0.29, 0.717) is 12.1 Å². The van der Waals surface area contributed by atoms with E-state index in [2.05, 4.69) is 0 Å². The number of carboxylic acid groups (broad SMARTS) is 1. The van der Waals surface area contributed by atoms with Gasteiger partial charge in [-0.05, 0) is 41.8 Å². The van der Waals surface area contributed by atoms with E-state index in [1.165, 1.54) is 18.2 Å². The van der Waals surface area contributed by atoms with Crippen LogP contribution in [0.1, 0.15) is 21.5 Å². The zero-order chi connectivity index (χ0) is 17.1. The van der Waals surface area contributed by atoms with Gasteiger partial charge in [0.1, 0.15) is 11.6 Å². The van der Waals surface area contributed by atoms with E-state index in [1.54, 1.807) is 17.0 Å². The normalized spacial score (nSPS) is 13.3. The Morgan fingerprint density at radius 2 is 1.83 bits per heavy atom. The van der Waals surface area contributed by atoms with Crippen molar-refractivity contribution in [2.75, 3.05) is 11.4 Å². The quantitative estimate of drug-likeness (QED) is 0.697. The number of anilines is 1. The number of carbonyl (C=O) groups excluding carboxylic acids is 1. The standard InChI is InChI=1S/C19H14N2O3/c20-12-16(11-13-5-7-15(8-6-13)19(23)24)18(22)21-10-9-14-3-1-2-4-17(14)21/h1-8,11H,9-10H2,(H,23,24)/b16-11+. The van der Waals surface area contributed by atoms with Crippen LogP contribution in [-0.2, 0) is 11.2 Å². The maximum absolute atomic E-state index is 12.7. The van der Waals surface area contributed by atoms with Crippen LogP contribution in [0.3, 0.4) is 0 Å². The maximum atomic E-state index is 12.7. The number of carboxylic acids is 1. The van der Waals surface area contributed by atoms with Gasteiger partial charge in [0.15, 0.2) is 0 Å². The van der Waals surface area contributed by atoms with Crippen molar-refractivity contribution in [1.29, 1.82) is 5.26 Å². The third-order valence-corrected chi connectivity index (χ3v) is 3.95. The van der Waals surface area contributed by atoms with Gasteiger partial charge in [0.2, 0.25) is 0 Å². The first-order chi connectivity index (χ1) is 11.6. The van der Waals surface area contributed by atoms with E-state index < -0.39 is 5.97 Å². The molecule has 0 bridgehead atoms. The maximum Gasteiger partial charge on any atom is 0.335 e. The number of amides is 1. The number of hydrogen-bond donors (Lipinski definition) is 1. The van der Waals surface area contributed by atoms with Gasteiger partial charge in [0, 0.05) is 12.2 Å². The fourth-order valence-electron chi connectivity index (χ4n) is 2.73. The molecule has 5 heteroatoms. The smallest absolute Gasteiger partial charge is 0.335 e. The van der Waals surface area contributed by atoms with E-state index in [1.807, 2.05) is 30.3 Å². The fourth-order valence-corrected chi connectivity index (χ4v) is 2.73. The van der Waals surface area contributed by atoms with Crippen LogP contribution in [0.5, 0.6) is 0 Å². The van der Waals surface area contributed by atoms with Crippen LogP contribution in [-0.4, -0.2) is 23.5 Å². The molecule has 1 aliphatic heterocycles. The third-order valence-electron chi connectivity index (χ3n) is 3.95. The van der Waals surface area contributed by atoms with Gasteiger partial charge in [0.05, 0.1) is 5.56 Å². The molecule has 0 saturated heterocycles. The molecule has 0 radical (unpaired) electrons. The summed E-state index contributed by atoms with van der Waals surface area (Å²) in [6.07, 6.45) is 2.25. The molecule has 0 saturated carbocycles. The molecule has 118 valence electrons. The summed E-state index contributed by atoms with van der Waals surface area (Å²) in [4.78, 5) is 25.1. The second-order valence-electron chi connectivity index (χ2n) is 5.43. The van der Waals surface area contributed by atoms with E-state index in [9.17, 15) is 14.9 Å². The number of fused-ring (bicyclic) bond motifs is 1. The molecule has 2 aromatic rings. The Labute approximate surface area is 139 Å². The lowest BCUT2D eigenvalue weighted by atomic mass is 10.1. The average Bonchev–Trinajstić information content (AvgIpc) is 3.03. The summed E-state index contributed by atoms with van der Waals surface area (Å²) in [7, 11) is 0. The van der Waals surface area contributed by atoms with Crippen LogP contribution in [0.4, 0.5) is 5.69 Å². The minimum Gasteiger partial charge on any atom is -0.478 e. The first-order valence-electron chi connectivity index (χ1n) is 7.45. The Bertz CT molecular complexity index is 876. The molecular weight excluding hydrogens is 304 g/mol. The minimum atomic E-state index is -1.02. The second-order valence-corrected chi connectivity index (χ2v) is 5.43. The van der Waals surface area contributed by atoms with Crippen molar-refractivity contribution in [2.45, 2.75) is 6.42 Å². The number of para-hydroxylation sites is 1. The highest BCUT2D eigenvalue weighted by atomic mass is 16.4. The molecule has 0 aliphatic carbocycles. The summed E-state index contributed by atoms with van der Waals surface area (Å²) < 4.78 is 0. The highest BCUT2D eigenvalue weighted by molar-refractivity contribution is 6.12. The number of rotatable bonds is 3. The first-order valence-corrected chi connectivity index (χ1v) is 7.45. The van der Waals surface area contributed by atoms with Crippen LogP contribution in [0.25, 0.3) is 6.08 Å². The Kier molecular flexibility index (Phi) is 4.13. The van der Waals surface area contributed by atoms with Crippen molar-refractivity contribution in [2.24, 2.45) is 0 Å². The van der Waals surface area contributed by atoms with Crippen LogP contribution in [0.15, 0.2) is 54.1 Å². The third kappa shape index (κ3) is 2.90. The molecule has 0 atom stereocenters. The topological polar surface area (TPSA) is 81.4 Å². The SMILES string of the molecule is N#C/C(=C\c1ccc(C(=O)O)cc1)C(=O)N1CCc2ccccc21. The van der Waals surface area contributed by atoms with Crippen LogP contribution >= 0.6 is 0 Å². The van der Waals surface area contributed by atoms with Gasteiger partial charge in [-0.3, -0.25) is 4.79 Å². The lowest BCUT2D eigenvalue weighted by molar-refractivity contribution is -0.114. The van der Waals surface area contributed by atoms with Crippen LogP contribution in [0.2, 0.25) is 0 Å². The zero-order valence-electron chi connectivity index (χ0n) is 12.8. The summed E-state index contributed by atoms with van der Waals surface area (Å²) in [5.74, 6) is -1.36. The number of carbonyl (C=O) groups is 2. The average molecular weight is 318 g/mol. The molecule has 0 aromatic heterocycles. The molecule has 1 amide bonds. The summed E-state index contributed by atoms with van der Waals surface area (Å²) in [6.45, 7) is 0.551. The number of benzene rings is 2. The first kappa shape index (κ1) is 15.5. The molecule has 0 unspecified atom stereocenters. The summed E-state index contributed by atoms with van der Waals surface area (Å²) >= 11 is 0. The van der Waals surface area contributed by atoms with E-state index >= 15 is 0 Å². The molecule has 1 aliphatic rings. The Morgan fingerprint density at radius 3 is 2.50 bits per heavy atom. The van der Waals surface area contributed by atoms with Gasteiger partial charge >= 0.3 is 5.97 Å². The van der Waals surface area contributed by atoms with Gasteiger partial charge in [-0.2, -0.15) is 5.26 Å². The molecular formula is C19H14N2O3. The van der Waals surface area contributed by atoms with E-state index in [4.69, 9.17) is 5.11 Å². The van der Waals surface area contributed by atoms with Crippen molar-refractivity contribution in [3.05, 3.63) is 70.8 Å². The predicted octanol–water partition coefficient (Wildman–Crippen LogP) is 2.88. The molecule has 1 N–H and O–H groups in total. The Morgan fingerprint density at radius 1 is 1.12 bits per heavy atom. The highest BCUT2D eigenvalue weighted by Crippen LogP contribution is 2.28. The number of hydrogen-bond acceptors (Lipinski definition) is 3. The van der Waals surface area contributed by atoms with Crippen LogP contribution in [0, 0.1) is 11.3 Å². The van der Waals surface area contributed by atoms with E-state index in [0.717, 1.165) is 17.7 Å². The number of aromatic carboxylic acids is 1. The van der Waals surface area contributed by atoms with Gasteiger partial charge in [-0.1, -0.05) is 30.3 Å². The van der Waals surface area contributed by atoms with Crippen molar-refractivity contribution in [1.82, 2.24) is 0 Å². The molecule has 0 spiro atoms. The Hall–Kier alpha value is -3.39. The van der Waals surface area contributed by atoms with Crippen molar-refractivity contribution in [3.63, 3.8) is 0 Å².